The number of hydrogen-bond acceptors (Lipinski definition) is 4. The van der Waals surface area contributed by atoms with Crippen molar-refractivity contribution in [1.29, 1.82) is 0 Å². The maximum Gasteiger partial charge on any atom is 0.337 e. The van der Waals surface area contributed by atoms with Crippen LogP contribution in [0, 0.1) is 0 Å². The average molecular weight is 284 g/mol. The van der Waals surface area contributed by atoms with Crippen LogP contribution in [0.5, 0.6) is 5.75 Å². The van der Waals surface area contributed by atoms with E-state index in [4.69, 9.17) is 15.6 Å². The minimum Gasteiger partial charge on any atom is -0.493 e. The Balaban J connectivity index is 1.92. The van der Waals surface area contributed by atoms with Crippen LogP contribution in [0.2, 0.25) is 0 Å². The Hall–Kier alpha value is -2.69. The van der Waals surface area contributed by atoms with E-state index < -0.39 is 5.97 Å². The predicted molar refractivity (Wildman–Crippen MR) is 80.7 cm³/mol. The lowest BCUT2D eigenvalue weighted by atomic mass is 10.00. The Morgan fingerprint density at radius 3 is 2.86 bits per heavy atom. The van der Waals surface area contributed by atoms with Crippen LogP contribution in [0.3, 0.4) is 0 Å². The summed E-state index contributed by atoms with van der Waals surface area (Å²) in [4.78, 5) is 11.1. The molecule has 0 spiro atoms. The van der Waals surface area contributed by atoms with E-state index in [0.29, 0.717) is 12.3 Å². The van der Waals surface area contributed by atoms with Crippen LogP contribution in [0.15, 0.2) is 42.5 Å². The largest absolute Gasteiger partial charge is 0.493 e. The highest BCUT2D eigenvalue weighted by Crippen LogP contribution is 2.35. The first-order valence-electron chi connectivity index (χ1n) is 6.77. The standard InChI is InChI=1S/C16H16N2O3/c17-15-11(16(19)20)5-3-6-13(15)18-12-8-9-21-14-7-2-1-4-10(12)14/h1-7,12,18H,8-9,17H2,(H,19,20). The van der Waals surface area contributed by atoms with Crippen LogP contribution >= 0.6 is 0 Å². The van der Waals surface area contributed by atoms with Crippen LogP contribution in [0.1, 0.15) is 28.4 Å². The van der Waals surface area contributed by atoms with Gasteiger partial charge >= 0.3 is 5.97 Å². The van der Waals surface area contributed by atoms with E-state index in [1.165, 1.54) is 6.07 Å². The molecule has 0 radical (unpaired) electrons. The van der Waals surface area contributed by atoms with Gasteiger partial charge in [0.05, 0.1) is 29.6 Å². The Morgan fingerprint density at radius 2 is 2.05 bits per heavy atom. The van der Waals surface area contributed by atoms with Gasteiger partial charge in [-0.25, -0.2) is 4.79 Å². The summed E-state index contributed by atoms with van der Waals surface area (Å²) in [7, 11) is 0. The fourth-order valence-corrected chi connectivity index (χ4v) is 2.56. The van der Waals surface area contributed by atoms with Crippen molar-refractivity contribution >= 4 is 17.3 Å². The number of rotatable bonds is 3. The minimum absolute atomic E-state index is 0.0568. The molecule has 1 heterocycles. The van der Waals surface area contributed by atoms with E-state index in [2.05, 4.69) is 5.32 Å². The highest BCUT2D eigenvalue weighted by Gasteiger charge is 2.22. The molecule has 2 aromatic carbocycles. The third-order valence-corrected chi connectivity index (χ3v) is 3.62. The van der Waals surface area contributed by atoms with Crippen molar-refractivity contribution in [3.05, 3.63) is 53.6 Å². The van der Waals surface area contributed by atoms with Crippen LogP contribution in [0.25, 0.3) is 0 Å². The van der Waals surface area contributed by atoms with Gasteiger partial charge in [-0.2, -0.15) is 0 Å². The molecule has 0 aromatic heterocycles. The van der Waals surface area contributed by atoms with Crippen molar-refractivity contribution in [3.8, 4) is 5.75 Å². The third kappa shape index (κ3) is 2.50. The molecule has 5 nitrogen and oxygen atoms in total. The Bertz CT molecular complexity index is 685. The topological polar surface area (TPSA) is 84.6 Å². The summed E-state index contributed by atoms with van der Waals surface area (Å²) in [6.07, 6.45) is 0.799. The van der Waals surface area contributed by atoms with Gasteiger partial charge in [-0.3, -0.25) is 0 Å². The van der Waals surface area contributed by atoms with Gasteiger partial charge in [0.15, 0.2) is 0 Å². The lowest BCUT2D eigenvalue weighted by molar-refractivity contribution is 0.0698. The van der Waals surface area contributed by atoms with E-state index >= 15 is 0 Å². The first-order valence-corrected chi connectivity index (χ1v) is 6.77. The third-order valence-electron chi connectivity index (χ3n) is 3.62. The van der Waals surface area contributed by atoms with E-state index in [1.54, 1.807) is 12.1 Å². The number of nitrogen functional groups attached to an aromatic ring is 1. The summed E-state index contributed by atoms with van der Waals surface area (Å²) >= 11 is 0. The molecule has 3 rings (SSSR count). The summed E-state index contributed by atoms with van der Waals surface area (Å²) in [6, 6.07) is 12.9. The molecule has 1 aliphatic heterocycles. The number of fused-ring (bicyclic) bond motifs is 1. The molecule has 5 heteroatoms. The normalized spacial score (nSPS) is 16.7. The number of nitrogens with two attached hydrogens (primary N) is 1. The number of ether oxygens (including phenoxy) is 1. The second-order valence-corrected chi connectivity index (χ2v) is 4.94. The number of carboxylic acid groups (broad SMARTS) is 1. The first kappa shape index (κ1) is 13.3. The molecule has 2 aromatic rings. The second-order valence-electron chi connectivity index (χ2n) is 4.94. The van der Waals surface area contributed by atoms with Gasteiger partial charge in [-0.05, 0) is 18.2 Å². The number of para-hydroxylation sites is 2. The van der Waals surface area contributed by atoms with Crippen LogP contribution in [0.4, 0.5) is 11.4 Å². The number of hydrogen-bond donors (Lipinski definition) is 3. The number of carbonyl (C=O) groups is 1. The van der Waals surface area contributed by atoms with Crippen LogP contribution in [-0.4, -0.2) is 17.7 Å². The molecule has 1 aliphatic rings. The summed E-state index contributed by atoms with van der Waals surface area (Å²) in [5.41, 5.74) is 8.01. The molecule has 0 bridgehead atoms. The molecule has 108 valence electrons. The maximum atomic E-state index is 11.1. The Morgan fingerprint density at radius 1 is 1.24 bits per heavy atom. The van der Waals surface area contributed by atoms with E-state index in [0.717, 1.165) is 17.7 Å². The van der Waals surface area contributed by atoms with Gasteiger partial charge in [-0.15, -0.1) is 0 Å². The molecule has 0 fully saturated rings. The zero-order valence-corrected chi connectivity index (χ0v) is 11.4. The molecular weight excluding hydrogens is 268 g/mol. The van der Waals surface area contributed by atoms with Gasteiger partial charge in [0.25, 0.3) is 0 Å². The van der Waals surface area contributed by atoms with Crippen LogP contribution < -0.4 is 15.8 Å². The highest BCUT2D eigenvalue weighted by atomic mass is 16.5. The smallest absolute Gasteiger partial charge is 0.337 e. The van der Waals surface area contributed by atoms with Crippen molar-refractivity contribution in [2.45, 2.75) is 12.5 Å². The summed E-state index contributed by atoms with van der Waals surface area (Å²) in [5, 5.41) is 12.5. The lowest BCUT2D eigenvalue weighted by Gasteiger charge is -2.28. The van der Waals surface area contributed by atoms with Crippen molar-refractivity contribution < 1.29 is 14.6 Å². The average Bonchev–Trinajstić information content (AvgIpc) is 2.49. The molecule has 21 heavy (non-hydrogen) atoms. The highest BCUT2D eigenvalue weighted by molar-refractivity contribution is 5.97. The van der Waals surface area contributed by atoms with Gasteiger partial charge in [-0.1, -0.05) is 24.3 Å². The zero-order valence-electron chi connectivity index (χ0n) is 11.4. The van der Waals surface area contributed by atoms with Gasteiger partial charge in [0.1, 0.15) is 5.75 Å². The molecule has 0 saturated heterocycles. The Kier molecular flexibility index (Phi) is 3.39. The summed E-state index contributed by atoms with van der Waals surface area (Å²) in [5.74, 6) is -0.169. The number of benzene rings is 2. The quantitative estimate of drug-likeness (QED) is 0.755. The number of anilines is 2. The van der Waals surface area contributed by atoms with Crippen molar-refractivity contribution in [1.82, 2.24) is 0 Å². The Labute approximate surface area is 122 Å². The van der Waals surface area contributed by atoms with Crippen LogP contribution in [-0.2, 0) is 0 Å². The molecule has 0 saturated carbocycles. The number of aromatic carboxylic acids is 1. The number of carboxylic acids is 1. The second kappa shape index (κ2) is 5.36. The molecular formula is C16H16N2O3. The fraction of sp³-hybridized carbons (Fsp3) is 0.188. The van der Waals surface area contributed by atoms with Gasteiger partial charge < -0.3 is 20.9 Å². The maximum absolute atomic E-state index is 11.1. The van der Waals surface area contributed by atoms with Crippen molar-refractivity contribution in [3.63, 3.8) is 0 Å². The van der Waals surface area contributed by atoms with E-state index in [-0.39, 0.29) is 17.3 Å². The predicted octanol–water partition coefficient (Wildman–Crippen LogP) is 2.90. The molecule has 4 N–H and O–H groups in total. The SMILES string of the molecule is Nc1c(NC2CCOc3ccccc32)cccc1C(=O)O. The van der Waals surface area contributed by atoms with E-state index in [9.17, 15) is 4.79 Å². The summed E-state index contributed by atoms with van der Waals surface area (Å²) in [6.45, 7) is 0.618. The fourth-order valence-electron chi connectivity index (χ4n) is 2.56. The molecule has 0 amide bonds. The molecule has 0 aliphatic carbocycles. The van der Waals surface area contributed by atoms with Gasteiger partial charge in [0, 0.05) is 12.0 Å². The lowest BCUT2D eigenvalue weighted by Crippen LogP contribution is -2.21. The first-order chi connectivity index (χ1) is 10.2. The zero-order chi connectivity index (χ0) is 14.8. The summed E-state index contributed by atoms with van der Waals surface area (Å²) < 4.78 is 5.62. The number of nitrogens with one attached hydrogen (secondary N) is 1. The minimum atomic E-state index is -1.02. The monoisotopic (exact) mass is 284 g/mol. The van der Waals surface area contributed by atoms with Gasteiger partial charge in [0.2, 0.25) is 0 Å². The van der Waals surface area contributed by atoms with E-state index in [1.807, 2.05) is 24.3 Å². The molecule has 1 atom stereocenters. The molecule has 1 unspecified atom stereocenters. The van der Waals surface area contributed by atoms with Crippen molar-refractivity contribution in [2.24, 2.45) is 0 Å². The van der Waals surface area contributed by atoms with Crippen molar-refractivity contribution in [2.75, 3.05) is 17.7 Å².